The highest BCUT2D eigenvalue weighted by Gasteiger charge is 2.19. The zero-order valence-corrected chi connectivity index (χ0v) is 11.0. The summed E-state index contributed by atoms with van der Waals surface area (Å²) in [5, 5.41) is 10.3. The molecule has 0 saturated carbocycles. The van der Waals surface area contributed by atoms with Crippen LogP contribution in [0.15, 0.2) is 18.2 Å². The van der Waals surface area contributed by atoms with Gasteiger partial charge in [-0.15, -0.1) is 0 Å². The molecule has 0 radical (unpaired) electrons. The van der Waals surface area contributed by atoms with Gasteiger partial charge in [0, 0.05) is 5.02 Å². The average molecular weight is 257 g/mol. The van der Waals surface area contributed by atoms with Crippen molar-refractivity contribution in [2.75, 3.05) is 6.61 Å². The Bertz CT molecular complexity index is 413. The molecule has 0 aliphatic carbocycles. The molecule has 3 nitrogen and oxygen atoms in total. The summed E-state index contributed by atoms with van der Waals surface area (Å²) in [4.78, 5) is 11.4. The molecule has 1 aromatic rings. The van der Waals surface area contributed by atoms with Crippen molar-refractivity contribution in [3.05, 3.63) is 28.8 Å². The van der Waals surface area contributed by atoms with Gasteiger partial charge >= 0.3 is 0 Å². The van der Waals surface area contributed by atoms with Crippen molar-refractivity contribution in [3.8, 4) is 5.75 Å². The number of carbonyl (C=O) groups excluding carboxylic acids is 1. The lowest BCUT2D eigenvalue weighted by Crippen LogP contribution is -2.31. The molecule has 1 aromatic carbocycles. The van der Waals surface area contributed by atoms with Gasteiger partial charge in [0.05, 0.1) is 11.2 Å². The molecule has 0 spiro atoms. The first-order chi connectivity index (χ1) is 7.85. The first kappa shape index (κ1) is 14.0. The van der Waals surface area contributed by atoms with Crippen LogP contribution in [0.5, 0.6) is 5.75 Å². The summed E-state index contributed by atoms with van der Waals surface area (Å²) in [6.45, 7) is 5.16. The van der Waals surface area contributed by atoms with Crippen molar-refractivity contribution in [2.45, 2.75) is 32.8 Å². The third-order valence-electron chi connectivity index (χ3n) is 2.62. The van der Waals surface area contributed by atoms with Crippen LogP contribution < -0.4 is 4.74 Å². The minimum absolute atomic E-state index is 0.112. The zero-order chi connectivity index (χ0) is 13.1. The lowest BCUT2D eigenvalue weighted by molar-refractivity contribution is 0.00819. The minimum Gasteiger partial charge on any atom is -0.490 e. The number of ketones is 1. The topological polar surface area (TPSA) is 46.5 Å². The number of ether oxygens (including phenoxy) is 1. The summed E-state index contributed by atoms with van der Waals surface area (Å²) < 4.78 is 5.48. The third kappa shape index (κ3) is 4.02. The number of hydrogen-bond acceptors (Lipinski definition) is 3. The molecule has 1 N–H and O–H groups in total. The van der Waals surface area contributed by atoms with E-state index in [2.05, 4.69) is 0 Å². The number of halogens is 1. The van der Waals surface area contributed by atoms with Crippen LogP contribution in [-0.2, 0) is 0 Å². The van der Waals surface area contributed by atoms with Gasteiger partial charge in [-0.05, 0) is 38.5 Å². The first-order valence-electron chi connectivity index (χ1n) is 5.51. The molecule has 1 atom stereocenters. The van der Waals surface area contributed by atoms with Gasteiger partial charge in [0.15, 0.2) is 5.78 Å². The monoisotopic (exact) mass is 256 g/mol. The first-order valence-corrected chi connectivity index (χ1v) is 5.89. The quantitative estimate of drug-likeness (QED) is 0.824. The van der Waals surface area contributed by atoms with Gasteiger partial charge < -0.3 is 9.84 Å². The summed E-state index contributed by atoms with van der Waals surface area (Å²) in [6, 6.07) is 4.87. The van der Waals surface area contributed by atoms with Crippen LogP contribution >= 0.6 is 11.6 Å². The minimum atomic E-state index is -0.895. The van der Waals surface area contributed by atoms with Crippen molar-refractivity contribution in [1.82, 2.24) is 0 Å². The standard InChI is InChI=1S/C13H17ClO3/c1-4-13(3,16)8-17-12-6-5-10(14)7-11(12)9(2)15/h5-7,16H,4,8H2,1-3H3. The van der Waals surface area contributed by atoms with Gasteiger partial charge in [0.25, 0.3) is 0 Å². The van der Waals surface area contributed by atoms with Crippen LogP contribution in [0.4, 0.5) is 0 Å². The van der Waals surface area contributed by atoms with E-state index in [1.54, 1.807) is 25.1 Å². The van der Waals surface area contributed by atoms with E-state index in [1.165, 1.54) is 6.92 Å². The van der Waals surface area contributed by atoms with E-state index in [9.17, 15) is 9.90 Å². The second-order valence-corrected chi connectivity index (χ2v) is 4.77. The van der Waals surface area contributed by atoms with Crippen LogP contribution in [0.2, 0.25) is 5.02 Å². The number of hydrogen-bond donors (Lipinski definition) is 1. The van der Waals surface area contributed by atoms with Crippen molar-refractivity contribution < 1.29 is 14.6 Å². The summed E-state index contributed by atoms with van der Waals surface area (Å²) >= 11 is 5.82. The van der Waals surface area contributed by atoms with Gasteiger partial charge in [-0.25, -0.2) is 0 Å². The van der Waals surface area contributed by atoms with Gasteiger partial charge in [0.2, 0.25) is 0 Å². The Morgan fingerprint density at radius 3 is 2.71 bits per heavy atom. The maximum absolute atomic E-state index is 11.4. The summed E-state index contributed by atoms with van der Waals surface area (Å²) in [5.41, 5.74) is -0.461. The van der Waals surface area contributed by atoms with E-state index in [0.29, 0.717) is 22.8 Å². The average Bonchev–Trinajstić information content (AvgIpc) is 2.27. The van der Waals surface area contributed by atoms with Crippen LogP contribution in [0.3, 0.4) is 0 Å². The van der Waals surface area contributed by atoms with Gasteiger partial charge in [-0.2, -0.15) is 0 Å². The molecule has 0 heterocycles. The predicted octanol–water partition coefficient (Wildman–Crippen LogP) is 3.08. The Morgan fingerprint density at radius 1 is 1.53 bits per heavy atom. The number of carbonyl (C=O) groups is 1. The van der Waals surface area contributed by atoms with Crippen LogP contribution in [0.1, 0.15) is 37.6 Å². The van der Waals surface area contributed by atoms with Crippen molar-refractivity contribution in [3.63, 3.8) is 0 Å². The highest BCUT2D eigenvalue weighted by atomic mass is 35.5. The highest BCUT2D eigenvalue weighted by molar-refractivity contribution is 6.31. The van der Waals surface area contributed by atoms with E-state index in [4.69, 9.17) is 16.3 Å². The van der Waals surface area contributed by atoms with Crippen LogP contribution in [0, 0.1) is 0 Å². The van der Waals surface area contributed by atoms with E-state index in [0.717, 1.165) is 0 Å². The van der Waals surface area contributed by atoms with E-state index in [-0.39, 0.29) is 12.4 Å². The maximum Gasteiger partial charge on any atom is 0.163 e. The molecule has 0 aliphatic heterocycles. The Kier molecular flexibility index (Phi) is 4.54. The molecule has 17 heavy (non-hydrogen) atoms. The summed E-state index contributed by atoms with van der Waals surface area (Å²) in [7, 11) is 0. The molecular weight excluding hydrogens is 240 g/mol. The fourth-order valence-electron chi connectivity index (χ4n) is 1.24. The Labute approximate surface area is 106 Å². The van der Waals surface area contributed by atoms with Crippen molar-refractivity contribution in [1.29, 1.82) is 0 Å². The van der Waals surface area contributed by atoms with Crippen LogP contribution in [-0.4, -0.2) is 23.1 Å². The molecule has 0 aromatic heterocycles. The molecule has 0 saturated heterocycles. The van der Waals surface area contributed by atoms with E-state index >= 15 is 0 Å². The summed E-state index contributed by atoms with van der Waals surface area (Å²) in [5.74, 6) is 0.342. The fourth-order valence-corrected chi connectivity index (χ4v) is 1.41. The van der Waals surface area contributed by atoms with E-state index in [1.807, 2.05) is 6.92 Å². The second-order valence-electron chi connectivity index (χ2n) is 4.34. The van der Waals surface area contributed by atoms with Gasteiger partial charge in [-0.3, -0.25) is 4.79 Å². The molecule has 4 heteroatoms. The molecule has 1 unspecified atom stereocenters. The zero-order valence-electron chi connectivity index (χ0n) is 10.3. The number of rotatable bonds is 5. The Hall–Kier alpha value is -1.06. The Morgan fingerprint density at radius 2 is 2.18 bits per heavy atom. The molecule has 0 fully saturated rings. The largest absolute Gasteiger partial charge is 0.490 e. The SMILES string of the molecule is CCC(C)(O)COc1ccc(Cl)cc1C(C)=O. The maximum atomic E-state index is 11.4. The molecular formula is C13H17ClO3. The number of benzene rings is 1. The van der Waals surface area contributed by atoms with Crippen LogP contribution in [0.25, 0.3) is 0 Å². The molecule has 0 bridgehead atoms. The predicted molar refractivity (Wildman–Crippen MR) is 67.9 cm³/mol. The van der Waals surface area contributed by atoms with Gasteiger partial charge in [-0.1, -0.05) is 18.5 Å². The third-order valence-corrected chi connectivity index (χ3v) is 2.86. The lowest BCUT2D eigenvalue weighted by Gasteiger charge is -2.22. The molecule has 1 rings (SSSR count). The van der Waals surface area contributed by atoms with Crippen molar-refractivity contribution >= 4 is 17.4 Å². The van der Waals surface area contributed by atoms with Crippen molar-refractivity contribution in [2.24, 2.45) is 0 Å². The molecule has 94 valence electrons. The lowest BCUT2D eigenvalue weighted by atomic mass is 10.1. The van der Waals surface area contributed by atoms with Gasteiger partial charge in [0.1, 0.15) is 12.4 Å². The number of Topliss-reactive ketones (excluding diaryl/α,β-unsaturated/α-hetero) is 1. The normalized spacial score (nSPS) is 14.2. The fraction of sp³-hybridized carbons (Fsp3) is 0.462. The second kappa shape index (κ2) is 5.52. The molecule has 0 aliphatic rings. The molecule has 0 amide bonds. The smallest absolute Gasteiger partial charge is 0.163 e. The number of aliphatic hydroxyl groups is 1. The van der Waals surface area contributed by atoms with E-state index < -0.39 is 5.60 Å². The highest BCUT2D eigenvalue weighted by Crippen LogP contribution is 2.24. The Balaban J connectivity index is 2.88. The summed E-state index contributed by atoms with van der Waals surface area (Å²) in [6.07, 6.45) is 0.579.